The molecule has 29 heteroatoms. The van der Waals surface area contributed by atoms with Gasteiger partial charge in [0.2, 0.25) is 23.6 Å². The number of benzene rings is 2. The molecule has 9 rings (SSSR count). The van der Waals surface area contributed by atoms with Gasteiger partial charge in [0, 0.05) is 46.7 Å². The molecule has 0 aromatic heterocycles. The monoisotopic (exact) mass is 1570 g/mol. The van der Waals surface area contributed by atoms with E-state index < -0.39 is 115 Å². The van der Waals surface area contributed by atoms with E-state index in [4.69, 9.17) is 27.3 Å². The Labute approximate surface area is 578 Å². The molecule has 6 fully saturated rings. The van der Waals surface area contributed by atoms with Gasteiger partial charge in [0.15, 0.2) is 0 Å². The number of hydrogen-bond acceptors (Lipinski definition) is 18. The zero-order valence-electron chi connectivity index (χ0n) is 52.3. The molecule has 10 atom stereocenters. The van der Waals surface area contributed by atoms with Crippen molar-refractivity contribution in [1.82, 2.24) is 31.1 Å². The number of unbranched alkanes of at least 4 members (excludes halogenated alkanes) is 3. The molecule has 0 spiro atoms. The van der Waals surface area contributed by atoms with Crippen molar-refractivity contribution in [2.75, 3.05) is 27.3 Å². The van der Waals surface area contributed by atoms with E-state index in [1.807, 2.05) is 18.2 Å². The minimum atomic E-state index is -4.26. The van der Waals surface area contributed by atoms with Crippen LogP contribution < -0.4 is 21.3 Å². The Morgan fingerprint density at radius 3 is 1.84 bits per heavy atom. The van der Waals surface area contributed by atoms with Gasteiger partial charge in [-0.1, -0.05) is 81.8 Å². The third-order valence-electron chi connectivity index (χ3n) is 18.0. The first-order valence-corrected chi connectivity index (χ1v) is 36.0. The summed E-state index contributed by atoms with van der Waals surface area (Å²) in [6, 6.07) is 7.41. The number of likely N-dealkylation sites (tertiary alicyclic amines) is 1. The summed E-state index contributed by atoms with van der Waals surface area (Å²) in [5.41, 5.74) is -2.61. The van der Waals surface area contributed by atoms with Crippen LogP contribution in [0.2, 0.25) is 0 Å². The first-order valence-electron chi connectivity index (χ1n) is 31.6. The molecule has 4 saturated carbocycles. The van der Waals surface area contributed by atoms with Crippen LogP contribution in [0.4, 0.5) is 9.59 Å². The summed E-state index contributed by atoms with van der Waals surface area (Å²) < 4.78 is 86.3. The van der Waals surface area contributed by atoms with Crippen molar-refractivity contribution in [3.05, 3.63) is 94.9 Å². The maximum atomic E-state index is 14.2. The summed E-state index contributed by atoms with van der Waals surface area (Å²) in [4.78, 5) is 110. The smallest absolute Gasteiger partial charge is 0.408 e. The highest BCUT2D eigenvalue weighted by atomic mass is 127. The van der Waals surface area contributed by atoms with Crippen LogP contribution in [0.1, 0.15) is 141 Å². The molecule has 3 heterocycles. The Morgan fingerprint density at radius 1 is 0.710 bits per heavy atom. The van der Waals surface area contributed by atoms with Crippen molar-refractivity contribution in [2.24, 2.45) is 11.8 Å². The molecule has 0 unspecified atom stereocenters. The van der Waals surface area contributed by atoms with E-state index in [-0.39, 0.29) is 96.6 Å². The first kappa shape index (κ1) is 74.9. The van der Waals surface area contributed by atoms with Gasteiger partial charge in [-0.05, 0) is 151 Å². The number of halogens is 3. The quantitative estimate of drug-likeness (QED) is 0.0213. The number of alkyl carbamates (subject to hydrolysis) is 2. The zero-order chi connectivity index (χ0) is 66.4. The molecule has 2 aromatic carbocycles. The molecule has 24 nitrogen and oxygen atoms in total. The lowest BCUT2D eigenvalue weighted by atomic mass is 10.0. The Hall–Kier alpha value is -5.47. The van der Waals surface area contributed by atoms with Crippen LogP contribution >= 0.6 is 55.8 Å². The van der Waals surface area contributed by atoms with Crippen LogP contribution in [0.5, 0.6) is 0 Å². The molecule has 6 amide bonds. The first-order chi connectivity index (χ1) is 44.0. The maximum absolute atomic E-state index is 14.2. The van der Waals surface area contributed by atoms with Gasteiger partial charge >= 0.3 is 24.1 Å². The van der Waals surface area contributed by atoms with Crippen molar-refractivity contribution in [3.63, 3.8) is 0 Å². The third kappa shape index (κ3) is 19.6. The number of methoxy groups -OCH3 is 2. The Balaban J connectivity index is 0.000000261. The summed E-state index contributed by atoms with van der Waals surface area (Å²) in [5, 5.41) is 11.0. The van der Waals surface area contributed by atoms with Gasteiger partial charge in [0.25, 0.3) is 20.2 Å². The summed E-state index contributed by atoms with van der Waals surface area (Å²) in [6.07, 6.45) is 17.1. The molecule has 2 aromatic rings. The third-order valence-corrected chi connectivity index (χ3v) is 21.8. The molecule has 7 aliphatic rings. The average Bonchev–Trinajstić information content (AvgIpc) is 1.60. The number of esters is 2. The van der Waals surface area contributed by atoms with E-state index in [2.05, 4.69) is 66.3 Å². The molecule has 0 radical (unpaired) electrons. The van der Waals surface area contributed by atoms with Crippen LogP contribution in [-0.4, -0.2) is 161 Å². The summed E-state index contributed by atoms with van der Waals surface area (Å²) >= 11 is 6.56. The van der Waals surface area contributed by atoms with Gasteiger partial charge in [0.05, 0.1) is 36.2 Å². The fourth-order valence-corrected chi connectivity index (χ4v) is 15.4. The van der Waals surface area contributed by atoms with Crippen LogP contribution in [0.3, 0.4) is 0 Å². The zero-order valence-corrected chi connectivity index (χ0v) is 59.4. The minimum absolute atomic E-state index is 0. The van der Waals surface area contributed by atoms with Crippen molar-refractivity contribution in [1.29, 1.82) is 0 Å². The molecule has 3 aliphatic heterocycles. The summed E-state index contributed by atoms with van der Waals surface area (Å²) in [6.45, 7) is 7.02. The number of ether oxygens (including phenoxy) is 4. The molecule has 93 heavy (non-hydrogen) atoms. The number of rotatable bonds is 22. The van der Waals surface area contributed by atoms with Crippen LogP contribution in [0.25, 0.3) is 0 Å². The van der Waals surface area contributed by atoms with Crippen molar-refractivity contribution >= 4 is 124 Å². The minimum Gasteiger partial charge on any atom is -0.467 e. The van der Waals surface area contributed by atoms with Crippen molar-refractivity contribution in [3.8, 4) is 0 Å². The lowest BCUT2D eigenvalue weighted by Gasteiger charge is -2.29. The van der Waals surface area contributed by atoms with Gasteiger partial charge < -0.3 is 50.0 Å². The van der Waals surface area contributed by atoms with E-state index in [0.29, 0.717) is 34.6 Å². The standard InChI is InChI=1S/C33H44BrN3O9S.C31H40BrN3O9S.HI/c1-4-6-7-8-9-14-27(35-32(41)45-24-12-10-11-13-24)30(39)37-21-25(46-47(42,43)26-17-15-23(34)16-18-26)19-28(37)29(38)36-33(31(40)44-3)20-22(33)5-2;1-42-29(38)31-18-20(31)9-5-3-2-4-6-12-25(33-30(39)43-22-10-7-8-11-22)28(37)35-19-23(17-26(35)27(36)34-31)44-45(40,41)24-15-13-21(32)14-16-24;/h4-5,15-18,22,24-25,27-28H,1-2,6-14,19-21H2,3H3,(H,35,41)(H,36,38);5,9,13-16,20,22-23,25-26H,2-4,6-8,10-12,17-19H2,1H3,(H,33,39)(H,34,36);1H/b;9-5-;/t22-,25-,27-,28-,33-;20-,23+,25+,26+,31-;/m11./s1. The predicted molar refractivity (Wildman–Crippen MR) is 357 cm³/mol. The second kappa shape index (κ2) is 34.0. The molecule has 2 saturated heterocycles. The number of hydrogen-bond donors (Lipinski definition) is 4. The Bertz CT molecular complexity index is 3280. The topological polar surface area (TPSA) is 315 Å². The second-order valence-electron chi connectivity index (χ2n) is 24.5. The normalized spacial score (nSPS) is 27.1. The number of amides is 6. The molecular formula is C64H85Br2IN6O18S2. The largest absolute Gasteiger partial charge is 0.467 e. The van der Waals surface area contributed by atoms with Gasteiger partial charge in [-0.2, -0.15) is 16.8 Å². The molecule has 4 aliphatic carbocycles. The number of carbonyl (C=O) groups excluding carboxylic acids is 8. The number of fused-ring (bicyclic) bond motifs is 2. The van der Waals surface area contributed by atoms with E-state index in [1.165, 1.54) is 48.3 Å². The number of nitrogens with one attached hydrogen (secondary N) is 4. The lowest BCUT2D eigenvalue weighted by molar-refractivity contribution is -0.148. The van der Waals surface area contributed by atoms with Crippen molar-refractivity contribution in [2.45, 2.75) is 211 Å². The van der Waals surface area contributed by atoms with Crippen LogP contribution in [-0.2, 0) is 76.3 Å². The predicted octanol–water partition coefficient (Wildman–Crippen LogP) is 8.88. The highest BCUT2D eigenvalue weighted by Crippen LogP contribution is 2.47. The SMILES string of the molecule is C=CCCCCC[C@@H](NC(=O)OC1CCCC1)C(=O)N1C[C@H](OS(=O)(=O)c2ccc(Br)cc2)C[C@@H]1C(=O)N[C@]1(C(=O)OC)C[C@H]1C=C.COC(=O)[C@@]12C[C@H]1/C=C\CCCCC[C@H](NC(=O)OC1CCCC1)C(=O)N1C[C@@H](OS(=O)(=O)c3ccc(Br)cc3)C[C@H]1C(=O)N2.I. The number of nitrogens with zero attached hydrogens (tertiary/aromatic N) is 2. The Kier molecular flexibility index (Phi) is 27.4. The highest BCUT2D eigenvalue weighted by molar-refractivity contribution is 14.0. The van der Waals surface area contributed by atoms with E-state index in [0.717, 1.165) is 89.9 Å². The molecular weight excluding hydrogens is 1490 g/mol. The number of carbonyl (C=O) groups is 8. The van der Waals surface area contributed by atoms with Gasteiger partial charge in [-0.15, -0.1) is 37.1 Å². The van der Waals surface area contributed by atoms with Crippen LogP contribution in [0, 0.1) is 11.8 Å². The van der Waals surface area contributed by atoms with Crippen molar-refractivity contribution < 1.29 is 82.5 Å². The fraction of sp³-hybridized carbons (Fsp3) is 0.594. The van der Waals surface area contributed by atoms with Crippen LogP contribution in [0.15, 0.2) is 105 Å². The molecule has 0 bridgehead atoms. The van der Waals surface area contributed by atoms with E-state index >= 15 is 0 Å². The highest BCUT2D eigenvalue weighted by Gasteiger charge is 2.63. The van der Waals surface area contributed by atoms with E-state index in [1.54, 1.807) is 30.3 Å². The summed E-state index contributed by atoms with van der Waals surface area (Å²) in [7, 11) is -6.03. The van der Waals surface area contributed by atoms with Gasteiger partial charge in [0.1, 0.15) is 47.5 Å². The second-order valence-corrected chi connectivity index (χ2v) is 29.5. The summed E-state index contributed by atoms with van der Waals surface area (Å²) in [5.74, 6) is -4.29. The van der Waals surface area contributed by atoms with E-state index in [9.17, 15) is 55.2 Å². The molecule has 512 valence electrons. The maximum Gasteiger partial charge on any atom is 0.408 e. The van der Waals surface area contributed by atoms with Gasteiger partial charge in [-0.3, -0.25) is 27.5 Å². The lowest BCUT2D eigenvalue weighted by Crippen LogP contribution is -2.56. The number of allylic oxidation sites excluding steroid dienone is 2. The Morgan fingerprint density at radius 2 is 1.28 bits per heavy atom. The average molecular weight is 1580 g/mol. The fourth-order valence-electron chi connectivity index (χ4n) is 12.8. The molecule has 4 N–H and O–H groups in total. The van der Waals surface area contributed by atoms with Gasteiger partial charge in [-0.25, -0.2) is 19.2 Å².